The molecule has 0 spiro atoms. The number of anilines is 9. The fourth-order valence-electron chi connectivity index (χ4n) is 14.3. The van der Waals surface area contributed by atoms with Gasteiger partial charge < -0.3 is 14.7 Å². The summed E-state index contributed by atoms with van der Waals surface area (Å²) >= 11 is 2.05. The lowest BCUT2D eigenvalue weighted by Gasteiger charge is -2.47. The predicted octanol–water partition coefficient (Wildman–Crippen LogP) is 20.8. The Bertz CT molecular complexity index is 3890. The highest BCUT2D eigenvalue weighted by Crippen LogP contribution is 2.54. The van der Waals surface area contributed by atoms with Crippen LogP contribution in [-0.4, -0.2) is 6.71 Å². The van der Waals surface area contributed by atoms with Crippen LogP contribution in [0.3, 0.4) is 0 Å². The summed E-state index contributed by atoms with van der Waals surface area (Å²) in [7, 11) is 0. The van der Waals surface area contributed by atoms with E-state index < -0.39 is 0 Å². The van der Waals surface area contributed by atoms with Gasteiger partial charge in [0.25, 0.3) is 6.71 Å². The molecule has 1 aromatic heterocycles. The van der Waals surface area contributed by atoms with Crippen molar-refractivity contribution in [1.29, 1.82) is 0 Å². The molecule has 5 heteroatoms. The zero-order valence-electron chi connectivity index (χ0n) is 52.7. The number of nitrogens with zero attached hydrogens (tertiary/aromatic N) is 3. The molecule has 12 rings (SSSR count). The third-order valence-electron chi connectivity index (χ3n) is 19.7. The standard InChI is InChI=1S/C78H88BN3S/c1-17-19-42-75(9,10)62-48-61-69(45-51(62)18-2)83-72-71(61)82(59-38-32-53(33-39-59)74(6,7)8)68-47-60(80(56-28-24-21-25-29-56)57-40-34-55(35-41-57)78(15,16)54-26-22-20-23-27-54)46-67-70(68)79(72)65-49-63-64(77(13,14)44-43-76(63,11)12)50-66(65)81(67)58-36-30-52(31-37-58)73(3,4)5/h20-41,45-50H,17-19,42-44H2,1-16H3. The predicted molar refractivity (Wildman–Crippen MR) is 364 cm³/mol. The van der Waals surface area contributed by atoms with Gasteiger partial charge in [-0.1, -0.05) is 215 Å². The summed E-state index contributed by atoms with van der Waals surface area (Å²) in [5.74, 6) is 0. The van der Waals surface area contributed by atoms with E-state index in [2.05, 4.69) is 295 Å². The van der Waals surface area contributed by atoms with Crippen molar-refractivity contribution in [3.63, 3.8) is 0 Å². The van der Waals surface area contributed by atoms with Gasteiger partial charge in [0.2, 0.25) is 0 Å². The third-order valence-corrected chi connectivity index (χ3v) is 20.9. The minimum absolute atomic E-state index is 0.00255. The molecule has 0 bridgehead atoms. The molecule has 424 valence electrons. The molecule has 0 saturated carbocycles. The number of hydrogen-bond acceptors (Lipinski definition) is 4. The lowest BCUT2D eigenvalue weighted by molar-refractivity contribution is 0.332. The van der Waals surface area contributed by atoms with E-state index in [-0.39, 0.29) is 39.2 Å². The molecular weight excluding hydrogens is 1020 g/mol. The van der Waals surface area contributed by atoms with Gasteiger partial charge >= 0.3 is 0 Å². The molecule has 0 atom stereocenters. The minimum atomic E-state index is -0.186. The summed E-state index contributed by atoms with van der Waals surface area (Å²) in [6, 6.07) is 66.4. The van der Waals surface area contributed by atoms with E-state index in [0.29, 0.717) is 0 Å². The number of rotatable bonds is 12. The number of aryl methyl sites for hydroxylation is 1. The molecule has 0 N–H and O–H groups in total. The van der Waals surface area contributed by atoms with Gasteiger partial charge in [0.1, 0.15) is 0 Å². The number of benzene rings is 8. The van der Waals surface area contributed by atoms with Crippen LogP contribution in [0.2, 0.25) is 0 Å². The number of para-hydroxylation sites is 1. The monoisotopic (exact) mass is 1110 g/mol. The summed E-state index contributed by atoms with van der Waals surface area (Å²) in [5.41, 5.74) is 24.6. The molecule has 0 fully saturated rings. The van der Waals surface area contributed by atoms with E-state index in [4.69, 9.17) is 0 Å². The first-order chi connectivity index (χ1) is 39.3. The summed E-state index contributed by atoms with van der Waals surface area (Å²) < 4.78 is 2.80. The Morgan fingerprint density at radius 1 is 0.518 bits per heavy atom. The minimum Gasteiger partial charge on any atom is -0.311 e. The first-order valence-corrected chi connectivity index (χ1v) is 31.9. The second-order valence-corrected chi connectivity index (χ2v) is 30.3. The summed E-state index contributed by atoms with van der Waals surface area (Å²) in [6.07, 6.45) is 6.85. The number of thiophene rings is 1. The molecule has 8 aromatic carbocycles. The Kier molecular flexibility index (Phi) is 14.0. The summed E-state index contributed by atoms with van der Waals surface area (Å²) in [6.45, 7) is 38.3. The highest BCUT2D eigenvalue weighted by Gasteiger charge is 2.49. The van der Waals surface area contributed by atoms with Gasteiger partial charge in [-0.3, -0.25) is 0 Å². The van der Waals surface area contributed by atoms with E-state index >= 15 is 0 Å². The van der Waals surface area contributed by atoms with E-state index in [9.17, 15) is 0 Å². The van der Waals surface area contributed by atoms with Crippen molar-refractivity contribution in [2.45, 2.75) is 182 Å². The van der Waals surface area contributed by atoms with Gasteiger partial charge in [-0.25, -0.2) is 0 Å². The first kappa shape index (κ1) is 56.7. The van der Waals surface area contributed by atoms with Crippen molar-refractivity contribution >= 4 is 95.0 Å². The highest BCUT2D eigenvalue weighted by molar-refractivity contribution is 7.33. The van der Waals surface area contributed by atoms with Crippen LogP contribution in [0, 0.1) is 0 Å². The molecule has 2 aliphatic heterocycles. The van der Waals surface area contributed by atoms with E-state index in [0.717, 1.165) is 42.7 Å². The van der Waals surface area contributed by atoms with Crippen LogP contribution in [-0.2, 0) is 38.9 Å². The average molecular weight is 1110 g/mol. The maximum atomic E-state index is 2.71. The Morgan fingerprint density at radius 3 is 1.58 bits per heavy atom. The van der Waals surface area contributed by atoms with Crippen LogP contribution in [0.1, 0.15) is 187 Å². The van der Waals surface area contributed by atoms with Crippen molar-refractivity contribution < 1.29 is 0 Å². The molecule has 0 saturated heterocycles. The average Bonchev–Trinajstić information content (AvgIpc) is 1.75. The van der Waals surface area contributed by atoms with Gasteiger partial charge in [0, 0.05) is 60.1 Å². The molecule has 83 heavy (non-hydrogen) atoms. The number of unbranched alkanes of at least 4 members (excludes halogenated alkanes) is 1. The molecular formula is C78H88BN3S. The van der Waals surface area contributed by atoms with Gasteiger partial charge in [-0.15, -0.1) is 11.3 Å². The fraction of sp³-hybridized carbons (Fsp3) is 0.359. The Labute approximate surface area is 502 Å². The molecule has 3 heterocycles. The van der Waals surface area contributed by atoms with Crippen LogP contribution in [0.15, 0.2) is 170 Å². The number of fused-ring (bicyclic) bond motifs is 7. The van der Waals surface area contributed by atoms with E-state index in [1.807, 2.05) is 11.3 Å². The molecule has 0 amide bonds. The molecule has 1 aliphatic carbocycles. The zero-order chi connectivity index (χ0) is 58.8. The van der Waals surface area contributed by atoms with Crippen LogP contribution in [0.4, 0.5) is 51.2 Å². The van der Waals surface area contributed by atoms with E-state index in [1.54, 1.807) is 0 Å². The molecule has 3 nitrogen and oxygen atoms in total. The summed E-state index contributed by atoms with van der Waals surface area (Å²) in [5, 5.41) is 1.36. The maximum absolute atomic E-state index is 2.71. The molecule has 9 aromatic rings. The van der Waals surface area contributed by atoms with E-state index in [1.165, 1.54) is 117 Å². The zero-order valence-corrected chi connectivity index (χ0v) is 53.6. The first-order valence-electron chi connectivity index (χ1n) is 31.1. The Hall–Kier alpha value is -6.82. The lowest BCUT2D eigenvalue weighted by Crippen LogP contribution is -2.61. The van der Waals surface area contributed by atoms with Crippen LogP contribution < -0.4 is 30.4 Å². The second-order valence-electron chi connectivity index (χ2n) is 29.2. The molecule has 3 aliphatic rings. The summed E-state index contributed by atoms with van der Waals surface area (Å²) in [4.78, 5) is 7.90. The largest absolute Gasteiger partial charge is 0.311 e. The van der Waals surface area contributed by atoms with Gasteiger partial charge in [0.15, 0.2) is 0 Å². The quantitative estimate of drug-likeness (QED) is 0.113. The van der Waals surface area contributed by atoms with Crippen molar-refractivity contribution in [1.82, 2.24) is 0 Å². The number of hydrogen-bond donors (Lipinski definition) is 0. The Morgan fingerprint density at radius 2 is 1.02 bits per heavy atom. The smallest absolute Gasteiger partial charge is 0.264 e. The van der Waals surface area contributed by atoms with Crippen LogP contribution >= 0.6 is 11.3 Å². The van der Waals surface area contributed by atoms with Crippen LogP contribution in [0.25, 0.3) is 10.1 Å². The third kappa shape index (κ3) is 9.75. The lowest BCUT2D eigenvalue weighted by atomic mass is 9.35. The van der Waals surface area contributed by atoms with Crippen molar-refractivity contribution in [3.8, 4) is 0 Å². The molecule has 0 radical (unpaired) electrons. The van der Waals surface area contributed by atoms with Crippen molar-refractivity contribution in [2.75, 3.05) is 14.7 Å². The van der Waals surface area contributed by atoms with Gasteiger partial charge in [0.05, 0.1) is 11.4 Å². The fourth-order valence-corrected chi connectivity index (χ4v) is 15.6. The topological polar surface area (TPSA) is 9.72 Å². The maximum Gasteiger partial charge on any atom is 0.264 e. The van der Waals surface area contributed by atoms with Crippen LogP contribution in [0.5, 0.6) is 0 Å². The highest BCUT2D eigenvalue weighted by atomic mass is 32.1. The normalized spacial score (nSPS) is 15.4. The van der Waals surface area contributed by atoms with Crippen molar-refractivity contribution in [3.05, 3.63) is 214 Å². The second kappa shape index (κ2) is 20.5. The van der Waals surface area contributed by atoms with Crippen molar-refractivity contribution in [2.24, 2.45) is 0 Å². The van der Waals surface area contributed by atoms with Gasteiger partial charge in [-0.2, -0.15) is 0 Å². The molecule has 0 unspecified atom stereocenters. The SMILES string of the molecule is CCCCC(C)(C)c1cc2c3c(sc2cc1CC)B1c2cc4c(cc2N(c2ccc(C(C)(C)C)cc2)c2cc(N(c5ccccc5)c5ccc(C(C)(C)c6ccccc6)cc5)cc(c21)N3c1ccc(C(C)(C)C)cc1)C(C)(C)CCC4(C)C. The Balaban J connectivity index is 1.22. The van der Waals surface area contributed by atoms with Gasteiger partial charge in [-0.05, 0) is 187 Å².